The number of fused-ring (bicyclic) bond motifs is 1. The van der Waals surface area contributed by atoms with E-state index >= 15 is 0 Å². The van der Waals surface area contributed by atoms with E-state index < -0.39 is 12.1 Å². The van der Waals surface area contributed by atoms with Crippen molar-refractivity contribution in [1.29, 1.82) is 0 Å². The van der Waals surface area contributed by atoms with Crippen LogP contribution in [-0.4, -0.2) is 41.4 Å². The van der Waals surface area contributed by atoms with Crippen LogP contribution in [0.5, 0.6) is 0 Å². The van der Waals surface area contributed by atoms with Crippen molar-refractivity contribution in [2.45, 2.75) is 24.9 Å². The molecule has 6 heteroatoms. The molecule has 0 bridgehead atoms. The largest absolute Gasteiger partial charge is 0.479 e. The van der Waals surface area contributed by atoms with Gasteiger partial charge in [-0.05, 0) is 17.5 Å². The molecule has 20 heavy (non-hydrogen) atoms. The van der Waals surface area contributed by atoms with Crippen LogP contribution in [-0.2, 0) is 11.2 Å². The van der Waals surface area contributed by atoms with Crippen molar-refractivity contribution in [3.63, 3.8) is 0 Å². The zero-order valence-corrected chi connectivity index (χ0v) is 11.0. The van der Waals surface area contributed by atoms with Crippen molar-refractivity contribution >= 4 is 12.0 Å². The van der Waals surface area contributed by atoms with Gasteiger partial charge in [0.15, 0.2) is 6.10 Å². The molecule has 1 aliphatic rings. The minimum absolute atomic E-state index is 0.00495. The van der Waals surface area contributed by atoms with Crippen LogP contribution in [0.1, 0.15) is 23.5 Å². The smallest absolute Gasteiger partial charge is 0.332 e. The molecule has 0 radical (unpaired) electrons. The fourth-order valence-electron chi connectivity index (χ4n) is 2.27. The molecule has 2 rings (SSSR count). The summed E-state index contributed by atoms with van der Waals surface area (Å²) in [6.45, 7) is 0.685. The second kappa shape index (κ2) is 6.38. The van der Waals surface area contributed by atoms with Crippen LogP contribution >= 0.6 is 0 Å². The number of urea groups is 1. The summed E-state index contributed by atoms with van der Waals surface area (Å²) < 4.78 is 0. The first kappa shape index (κ1) is 14.3. The maximum absolute atomic E-state index is 11.5. The molecule has 1 unspecified atom stereocenters. The van der Waals surface area contributed by atoms with E-state index in [0.717, 1.165) is 6.42 Å². The third-order valence-corrected chi connectivity index (χ3v) is 3.46. The molecule has 1 aliphatic carbocycles. The van der Waals surface area contributed by atoms with Gasteiger partial charge in [0.05, 0.1) is 0 Å². The van der Waals surface area contributed by atoms with Gasteiger partial charge < -0.3 is 20.8 Å². The molecule has 0 saturated heterocycles. The molecule has 0 heterocycles. The van der Waals surface area contributed by atoms with Gasteiger partial charge >= 0.3 is 12.0 Å². The lowest BCUT2D eigenvalue weighted by atomic mass is 9.78. The molecule has 1 aromatic rings. The van der Waals surface area contributed by atoms with Crippen molar-refractivity contribution in [1.82, 2.24) is 10.6 Å². The lowest BCUT2D eigenvalue weighted by molar-refractivity contribution is -0.146. The van der Waals surface area contributed by atoms with Gasteiger partial charge in [0.2, 0.25) is 0 Å². The molecule has 6 nitrogen and oxygen atoms in total. The number of aliphatic hydroxyl groups excluding tert-OH is 1. The summed E-state index contributed by atoms with van der Waals surface area (Å²) in [5.41, 5.74) is 2.60. The fraction of sp³-hybridized carbons (Fsp3) is 0.429. The predicted octanol–water partition coefficient (Wildman–Crippen LogP) is 0.461. The summed E-state index contributed by atoms with van der Waals surface area (Å²) in [7, 11) is 0. The Hall–Kier alpha value is -2.08. The molecule has 2 amide bonds. The molecule has 0 saturated carbocycles. The quantitative estimate of drug-likeness (QED) is 0.607. The molecule has 2 atom stereocenters. The first-order chi connectivity index (χ1) is 9.58. The topological polar surface area (TPSA) is 98.7 Å². The average molecular weight is 278 g/mol. The van der Waals surface area contributed by atoms with Crippen LogP contribution < -0.4 is 10.6 Å². The van der Waals surface area contributed by atoms with Gasteiger partial charge in [-0.15, -0.1) is 0 Å². The van der Waals surface area contributed by atoms with Crippen molar-refractivity contribution in [2.75, 3.05) is 13.1 Å². The van der Waals surface area contributed by atoms with Gasteiger partial charge in [-0.1, -0.05) is 24.3 Å². The monoisotopic (exact) mass is 278 g/mol. The Kier molecular flexibility index (Phi) is 4.57. The van der Waals surface area contributed by atoms with Crippen LogP contribution in [0.15, 0.2) is 24.3 Å². The summed E-state index contributed by atoms with van der Waals surface area (Å²) in [4.78, 5) is 21.9. The SMILES string of the molecule is O=C(NCC[C@H](O)C(=O)O)NCC1Cc2ccccc21. The Balaban J connectivity index is 1.63. The molecule has 0 spiro atoms. The molecule has 1 aromatic carbocycles. The van der Waals surface area contributed by atoms with Gasteiger partial charge in [0.25, 0.3) is 0 Å². The normalized spacial score (nSPS) is 17.6. The van der Waals surface area contributed by atoms with E-state index in [4.69, 9.17) is 10.2 Å². The van der Waals surface area contributed by atoms with E-state index in [1.807, 2.05) is 12.1 Å². The second-order valence-corrected chi connectivity index (χ2v) is 4.88. The zero-order valence-electron chi connectivity index (χ0n) is 11.0. The number of aliphatic hydroxyl groups is 1. The lowest BCUT2D eigenvalue weighted by Crippen LogP contribution is -2.41. The molecule has 0 fully saturated rings. The maximum atomic E-state index is 11.5. The van der Waals surface area contributed by atoms with Crippen LogP contribution in [0.3, 0.4) is 0 Å². The third-order valence-electron chi connectivity index (χ3n) is 3.46. The molecule has 0 aromatic heterocycles. The summed E-state index contributed by atoms with van der Waals surface area (Å²) in [6, 6.07) is 7.79. The lowest BCUT2D eigenvalue weighted by Gasteiger charge is -2.30. The first-order valence-corrected chi connectivity index (χ1v) is 6.58. The number of rotatable bonds is 6. The van der Waals surface area contributed by atoms with Crippen molar-refractivity contribution in [3.05, 3.63) is 35.4 Å². The van der Waals surface area contributed by atoms with Gasteiger partial charge in [0.1, 0.15) is 0 Å². The number of amides is 2. The van der Waals surface area contributed by atoms with Gasteiger partial charge in [-0.3, -0.25) is 0 Å². The van der Waals surface area contributed by atoms with Gasteiger partial charge in [-0.2, -0.15) is 0 Å². The minimum Gasteiger partial charge on any atom is -0.479 e. The Morgan fingerprint density at radius 3 is 2.75 bits per heavy atom. The van der Waals surface area contributed by atoms with Crippen molar-refractivity contribution in [3.8, 4) is 0 Å². The molecule has 4 N–H and O–H groups in total. The molecule has 0 aliphatic heterocycles. The van der Waals surface area contributed by atoms with Crippen LogP contribution in [0, 0.1) is 0 Å². The predicted molar refractivity (Wildman–Crippen MR) is 72.5 cm³/mol. The Morgan fingerprint density at radius 1 is 1.30 bits per heavy atom. The molecule has 108 valence electrons. The van der Waals surface area contributed by atoms with Gasteiger partial charge in [-0.25, -0.2) is 9.59 Å². The number of aliphatic carboxylic acids is 1. The van der Waals surface area contributed by atoms with Crippen LogP contribution in [0.25, 0.3) is 0 Å². The van der Waals surface area contributed by atoms with E-state index in [-0.39, 0.29) is 19.0 Å². The van der Waals surface area contributed by atoms with E-state index in [2.05, 4.69) is 22.8 Å². The minimum atomic E-state index is -1.44. The number of carboxylic acids is 1. The van der Waals surface area contributed by atoms with Crippen LogP contribution in [0.2, 0.25) is 0 Å². The average Bonchev–Trinajstić information content (AvgIpc) is 2.39. The standard InChI is InChI=1S/C14H18N2O4/c17-12(13(18)19)5-6-15-14(20)16-8-10-7-9-3-1-2-4-11(9)10/h1-4,10,12,17H,5-8H2,(H,18,19)(H2,15,16,20)/t10?,12-/m0/s1. The first-order valence-electron chi connectivity index (χ1n) is 6.58. The molecular formula is C14H18N2O4. The van der Waals surface area contributed by atoms with E-state index in [1.54, 1.807) is 0 Å². The highest BCUT2D eigenvalue weighted by Gasteiger charge is 2.25. The highest BCUT2D eigenvalue weighted by molar-refractivity contribution is 5.74. The summed E-state index contributed by atoms with van der Waals surface area (Å²) in [5, 5.41) is 22.8. The van der Waals surface area contributed by atoms with Gasteiger partial charge in [0, 0.05) is 25.4 Å². The zero-order chi connectivity index (χ0) is 14.5. The number of carbonyl (C=O) groups is 2. The number of hydrogen-bond donors (Lipinski definition) is 4. The number of carboxylic acid groups (broad SMARTS) is 1. The number of hydrogen-bond acceptors (Lipinski definition) is 3. The highest BCUT2D eigenvalue weighted by Crippen LogP contribution is 2.33. The summed E-state index contributed by atoms with van der Waals surface area (Å²) >= 11 is 0. The van der Waals surface area contributed by atoms with Crippen LogP contribution in [0.4, 0.5) is 4.79 Å². The second-order valence-electron chi connectivity index (χ2n) is 4.88. The fourth-order valence-corrected chi connectivity index (χ4v) is 2.27. The molecular weight excluding hydrogens is 260 g/mol. The van der Waals surface area contributed by atoms with E-state index in [9.17, 15) is 9.59 Å². The highest BCUT2D eigenvalue weighted by atomic mass is 16.4. The number of benzene rings is 1. The summed E-state index contributed by atoms with van der Waals surface area (Å²) in [6.07, 6.45) is -0.475. The van der Waals surface area contributed by atoms with E-state index in [1.165, 1.54) is 11.1 Å². The van der Waals surface area contributed by atoms with Crippen molar-refractivity contribution in [2.24, 2.45) is 0 Å². The van der Waals surface area contributed by atoms with E-state index in [0.29, 0.717) is 12.5 Å². The summed E-state index contributed by atoms with van der Waals surface area (Å²) in [5.74, 6) is -0.931. The third kappa shape index (κ3) is 3.48. The maximum Gasteiger partial charge on any atom is 0.332 e. The Bertz CT molecular complexity index is 504. The Labute approximate surface area is 116 Å². The van der Waals surface area contributed by atoms with Crippen molar-refractivity contribution < 1.29 is 19.8 Å². The number of nitrogens with one attached hydrogen (secondary N) is 2. The Morgan fingerprint density at radius 2 is 2.05 bits per heavy atom. The number of carbonyl (C=O) groups excluding carboxylic acids is 1.